The van der Waals surface area contributed by atoms with E-state index in [1.165, 1.54) is 11.8 Å². The largest absolute Gasteiger partial charge is 0.295 e. The van der Waals surface area contributed by atoms with Crippen LogP contribution in [0.25, 0.3) is 0 Å². The van der Waals surface area contributed by atoms with Crippen molar-refractivity contribution in [2.75, 3.05) is 11.2 Å². The molecule has 0 bridgehead atoms. The number of fused-ring (bicyclic) bond motifs is 1. The number of carbonyl (C=O) groups is 1. The second kappa shape index (κ2) is 5.87. The summed E-state index contributed by atoms with van der Waals surface area (Å²) in [5.41, 5.74) is 2.63. The maximum Gasteiger partial charge on any atom is 0.167 e. The van der Waals surface area contributed by atoms with Gasteiger partial charge in [0.2, 0.25) is 0 Å². The minimum Gasteiger partial charge on any atom is -0.295 e. The summed E-state index contributed by atoms with van der Waals surface area (Å²) >= 11 is 8.74. The Hall–Kier alpha value is -1.04. The third-order valence-electron chi connectivity index (χ3n) is 3.69. The fraction of sp³-hybridized carbons (Fsp3) is 0.294. The van der Waals surface area contributed by atoms with Gasteiger partial charge in [0.25, 0.3) is 0 Å². The summed E-state index contributed by atoms with van der Waals surface area (Å²) in [6.07, 6.45) is 4.74. The highest BCUT2D eigenvalue weighted by Crippen LogP contribution is 2.48. The summed E-state index contributed by atoms with van der Waals surface area (Å²) in [6.45, 7) is 4.20. The summed E-state index contributed by atoms with van der Waals surface area (Å²) in [5.74, 6) is 0.211. The number of carbonyl (C=O) groups excluding carboxylic acids is 1. The number of benzene rings is 1. The van der Waals surface area contributed by atoms with Crippen LogP contribution in [0.2, 0.25) is 0 Å². The summed E-state index contributed by atoms with van der Waals surface area (Å²) in [5, 5.41) is 0. The van der Waals surface area contributed by atoms with Crippen LogP contribution in [0.3, 0.4) is 0 Å². The molecule has 114 valence electrons. The SMILES string of the molecule is CSC1=C2C(=O)CC(C)(C)C=C2N(c2ccccc2)C(=S)S1. The maximum absolute atomic E-state index is 12.7. The highest BCUT2D eigenvalue weighted by molar-refractivity contribution is 8.34. The van der Waals surface area contributed by atoms with Crippen molar-refractivity contribution in [1.82, 2.24) is 0 Å². The van der Waals surface area contributed by atoms with Gasteiger partial charge in [0.1, 0.15) is 0 Å². The summed E-state index contributed by atoms with van der Waals surface area (Å²) in [7, 11) is 0. The maximum atomic E-state index is 12.7. The van der Waals surface area contributed by atoms with Crippen molar-refractivity contribution in [1.29, 1.82) is 0 Å². The normalized spacial score (nSPS) is 20.9. The van der Waals surface area contributed by atoms with E-state index in [0.29, 0.717) is 6.42 Å². The molecule has 0 aromatic heterocycles. The number of ketones is 1. The number of thioether (sulfide) groups is 2. The number of nitrogens with zero attached hydrogens (tertiary/aromatic N) is 1. The molecule has 0 atom stereocenters. The van der Waals surface area contributed by atoms with Crippen molar-refractivity contribution in [3.63, 3.8) is 0 Å². The number of anilines is 1. The first-order valence-corrected chi connectivity index (χ1v) is 9.49. The van der Waals surface area contributed by atoms with E-state index in [-0.39, 0.29) is 11.2 Å². The first-order chi connectivity index (χ1) is 10.4. The second-order valence-corrected chi connectivity index (χ2v) is 8.74. The summed E-state index contributed by atoms with van der Waals surface area (Å²) < 4.78 is 1.79. The van der Waals surface area contributed by atoms with Crippen LogP contribution in [0, 0.1) is 5.41 Å². The van der Waals surface area contributed by atoms with E-state index in [2.05, 4.69) is 19.9 Å². The van der Waals surface area contributed by atoms with E-state index in [1.54, 1.807) is 11.8 Å². The van der Waals surface area contributed by atoms with E-state index in [4.69, 9.17) is 12.2 Å². The standard InChI is InChI=1S/C17H17NOS3/c1-17(2)9-12-14(13(19)10-17)15(21-3)22-16(20)18(12)11-7-5-4-6-8-11/h4-9H,10H2,1-3H3. The van der Waals surface area contributed by atoms with Gasteiger partial charge in [0, 0.05) is 12.1 Å². The smallest absolute Gasteiger partial charge is 0.167 e. The van der Waals surface area contributed by atoms with E-state index in [1.807, 2.05) is 41.5 Å². The zero-order chi connectivity index (χ0) is 15.9. The fourth-order valence-electron chi connectivity index (χ4n) is 2.77. The van der Waals surface area contributed by atoms with Crippen molar-refractivity contribution in [2.45, 2.75) is 20.3 Å². The molecule has 0 radical (unpaired) electrons. The Labute approximate surface area is 145 Å². The molecule has 0 amide bonds. The Morgan fingerprint density at radius 2 is 1.95 bits per heavy atom. The molecule has 0 saturated carbocycles. The highest BCUT2D eigenvalue weighted by atomic mass is 32.2. The van der Waals surface area contributed by atoms with Crippen LogP contribution in [0.4, 0.5) is 5.69 Å². The van der Waals surface area contributed by atoms with E-state index in [9.17, 15) is 4.79 Å². The molecule has 1 aromatic rings. The third kappa shape index (κ3) is 2.77. The number of hydrogen-bond donors (Lipinski definition) is 0. The average Bonchev–Trinajstić information content (AvgIpc) is 2.45. The lowest BCUT2D eigenvalue weighted by Crippen LogP contribution is -2.37. The third-order valence-corrected chi connectivity index (χ3v) is 6.19. The van der Waals surface area contributed by atoms with Gasteiger partial charge in [0.15, 0.2) is 10.1 Å². The van der Waals surface area contributed by atoms with E-state index >= 15 is 0 Å². The molecule has 0 fully saturated rings. The topological polar surface area (TPSA) is 20.3 Å². The van der Waals surface area contributed by atoms with Crippen molar-refractivity contribution in [3.8, 4) is 0 Å². The minimum atomic E-state index is -0.149. The molecule has 0 N–H and O–H groups in total. The molecule has 3 rings (SSSR count). The zero-order valence-electron chi connectivity index (χ0n) is 12.8. The molecule has 2 nitrogen and oxygen atoms in total. The highest BCUT2D eigenvalue weighted by Gasteiger charge is 2.39. The lowest BCUT2D eigenvalue weighted by molar-refractivity contribution is -0.117. The van der Waals surface area contributed by atoms with Crippen LogP contribution in [0.15, 0.2) is 51.9 Å². The first kappa shape index (κ1) is 15.8. The number of allylic oxidation sites excluding steroid dienone is 2. The molecule has 0 unspecified atom stereocenters. The van der Waals surface area contributed by atoms with Crippen LogP contribution in [0.5, 0.6) is 0 Å². The van der Waals surface area contributed by atoms with Gasteiger partial charge in [-0.15, -0.1) is 11.8 Å². The fourth-order valence-corrected chi connectivity index (χ4v) is 5.15. The van der Waals surface area contributed by atoms with Crippen molar-refractivity contribution >= 4 is 51.5 Å². The molecular weight excluding hydrogens is 330 g/mol. The lowest BCUT2D eigenvalue weighted by Gasteiger charge is -2.39. The van der Waals surface area contributed by atoms with Gasteiger partial charge in [0.05, 0.1) is 15.5 Å². The van der Waals surface area contributed by atoms with Crippen LogP contribution >= 0.6 is 35.7 Å². The first-order valence-electron chi connectivity index (χ1n) is 7.04. The molecule has 1 aliphatic heterocycles. The van der Waals surface area contributed by atoms with Crippen LogP contribution in [-0.4, -0.2) is 16.4 Å². The number of para-hydroxylation sites is 1. The Bertz CT molecular complexity index is 704. The Morgan fingerprint density at radius 1 is 1.27 bits per heavy atom. The van der Waals surface area contributed by atoms with Crippen molar-refractivity contribution < 1.29 is 4.79 Å². The molecule has 2 aliphatic rings. The molecule has 5 heteroatoms. The predicted octanol–water partition coefficient (Wildman–Crippen LogP) is 4.98. The van der Waals surface area contributed by atoms with E-state index < -0.39 is 0 Å². The molecular formula is C17H17NOS3. The Kier molecular flexibility index (Phi) is 4.23. The van der Waals surface area contributed by atoms with Gasteiger partial charge in [-0.3, -0.25) is 9.69 Å². The summed E-state index contributed by atoms with van der Waals surface area (Å²) in [6, 6.07) is 10.0. The van der Waals surface area contributed by atoms with Gasteiger partial charge in [-0.25, -0.2) is 0 Å². The lowest BCUT2D eigenvalue weighted by atomic mass is 9.78. The molecule has 0 spiro atoms. The monoisotopic (exact) mass is 347 g/mol. The number of Topliss-reactive ketones (excluding diaryl/α,β-unsaturated/α-hetero) is 1. The quantitative estimate of drug-likeness (QED) is 0.701. The molecule has 0 saturated heterocycles. The van der Waals surface area contributed by atoms with Gasteiger partial charge in [-0.2, -0.15) is 0 Å². The molecule has 1 aliphatic carbocycles. The van der Waals surface area contributed by atoms with Gasteiger partial charge in [-0.1, -0.05) is 62.1 Å². The zero-order valence-corrected chi connectivity index (χ0v) is 15.2. The van der Waals surface area contributed by atoms with Crippen LogP contribution in [0.1, 0.15) is 20.3 Å². The van der Waals surface area contributed by atoms with Crippen molar-refractivity contribution in [2.24, 2.45) is 5.41 Å². The summed E-state index contributed by atoms with van der Waals surface area (Å²) in [4.78, 5) is 14.7. The molecule has 1 heterocycles. The number of rotatable bonds is 2. The molecule has 22 heavy (non-hydrogen) atoms. The van der Waals surface area contributed by atoms with Crippen molar-refractivity contribution in [3.05, 3.63) is 51.9 Å². The minimum absolute atomic E-state index is 0.149. The van der Waals surface area contributed by atoms with Gasteiger partial charge in [-0.05, 0) is 23.8 Å². The van der Waals surface area contributed by atoms with Gasteiger partial charge < -0.3 is 0 Å². The van der Waals surface area contributed by atoms with Crippen LogP contribution < -0.4 is 4.90 Å². The predicted molar refractivity (Wildman–Crippen MR) is 101 cm³/mol. The number of hydrogen-bond acceptors (Lipinski definition) is 4. The van der Waals surface area contributed by atoms with Gasteiger partial charge >= 0.3 is 0 Å². The Balaban J connectivity index is 2.21. The average molecular weight is 348 g/mol. The molecule has 1 aromatic carbocycles. The van der Waals surface area contributed by atoms with Crippen LogP contribution in [-0.2, 0) is 4.79 Å². The number of thiocarbonyl (C=S) groups is 1. The second-order valence-electron chi connectivity index (χ2n) is 6.02. The Morgan fingerprint density at radius 3 is 2.59 bits per heavy atom. The van der Waals surface area contributed by atoms with E-state index in [0.717, 1.165) is 25.5 Å².